The van der Waals surface area contributed by atoms with Gasteiger partial charge in [0, 0.05) is 37.8 Å². The summed E-state index contributed by atoms with van der Waals surface area (Å²) in [6.07, 6.45) is 0. The molecular formula is C13H18Cl2FN3O. The number of hydrogen-bond donors (Lipinski definition) is 2. The Labute approximate surface area is 130 Å². The van der Waals surface area contributed by atoms with Gasteiger partial charge in [-0.25, -0.2) is 4.39 Å². The van der Waals surface area contributed by atoms with Crippen LogP contribution in [0.5, 0.6) is 5.75 Å². The summed E-state index contributed by atoms with van der Waals surface area (Å²) in [6.45, 7) is 5.51. The number of nitriles is 1. The summed E-state index contributed by atoms with van der Waals surface area (Å²) in [7, 11) is 0. The molecule has 4 nitrogen and oxygen atoms in total. The minimum Gasteiger partial charge on any atom is -0.506 e. The number of rotatable bonds is 2. The Kier molecular flexibility index (Phi) is 7.84. The van der Waals surface area contributed by atoms with Crippen molar-refractivity contribution in [3.8, 4) is 11.8 Å². The average molecular weight is 322 g/mol. The second-order valence-electron chi connectivity index (χ2n) is 4.43. The topological polar surface area (TPSA) is 59.3 Å². The summed E-state index contributed by atoms with van der Waals surface area (Å²) in [5.74, 6) is -0.908. The number of hydrogen-bond acceptors (Lipinski definition) is 4. The Morgan fingerprint density at radius 2 is 1.95 bits per heavy atom. The first kappa shape index (κ1) is 18.9. The van der Waals surface area contributed by atoms with Crippen molar-refractivity contribution in [2.24, 2.45) is 0 Å². The molecule has 0 aliphatic carbocycles. The van der Waals surface area contributed by atoms with Crippen LogP contribution in [-0.4, -0.2) is 36.2 Å². The monoisotopic (exact) mass is 321 g/mol. The molecule has 1 fully saturated rings. The highest BCUT2D eigenvalue weighted by Crippen LogP contribution is 2.32. The van der Waals surface area contributed by atoms with Crippen molar-refractivity contribution >= 4 is 24.8 Å². The summed E-state index contributed by atoms with van der Waals surface area (Å²) in [4.78, 5) is 2.20. The Hall–Kier alpha value is -1.06. The number of phenols is 1. The summed E-state index contributed by atoms with van der Waals surface area (Å²) >= 11 is 0. The SMILES string of the molecule is C[C@@H](c1ccc(F)c(C#N)c1O)N1CCNCC1.Cl.Cl. The van der Waals surface area contributed by atoms with Crippen LogP contribution in [0.15, 0.2) is 12.1 Å². The summed E-state index contributed by atoms with van der Waals surface area (Å²) < 4.78 is 13.3. The molecule has 7 heteroatoms. The molecule has 2 N–H and O–H groups in total. The molecule has 20 heavy (non-hydrogen) atoms. The summed E-state index contributed by atoms with van der Waals surface area (Å²) in [5.41, 5.74) is 0.337. The van der Waals surface area contributed by atoms with Gasteiger partial charge in [-0.3, -0.25) is 4.90 Å². The van der Waals surface area contributed by atoms with Gasteiger partial charge in [-0.05, 0) is 13.0 Å². The number of nitrogens with zero attached hydrogens (tertiary/aromatic N) is 2. The van der Waals surface area contributed by atoms with E-state index in [0.717, 1.165) is 26.2 Å². The van der Waals surface area contributed by atoms with Crippen molar-refractivity contribution in [3.63, 3.8) is 0 Å². The molecule has 1 atom stereocenters. The highest BCUT2D eigenvalue weighted by atomic mass is 35.5. The van der Waals surface area contributed by atoms with Crippen molar-refractivity contribution in [1.82, 2.24) is 10.2 Å². The van der Waals surface area contributed by atoms with Gasteiger partial charge in [-0.1, -0.05) is 6.07 Å². The third kappa shape index (κ3) is 3.74. The van der Waals surface area contributed by atoms with Crippen LogP contribution in [-0.2, 0) is 0 Å². The summed E-state index contributed by atoms with van der Waals surface area (Å²) in [5, 5.41) is 22.1. The van der Waals surface area contributed by atoms with Gasteiger partial charge in [-0.15, -0.1) is 24.8 Å². The fourth-order valence-electron chi connectivity index (χ4n) is 2.29. The van der Waals surface area contributed by atoms with Gasteiger partial charge in [-0.2, -0.15) is 5.26 Å². The van der Waals surface area contributed by atoms with Gasteiger partial charge in [0.1, 0.15) is 23.2 Å². The lowest BCUT2D eigenvalue weighted by Gasteiger charge is -2.33. The first-order chi connectivity index (χ1) is 8.65. The van der Waals surface area contributed by atoms with Crippen LogP contribution in [0.2, 0.25) is 0 Å². The maximum absolute atomic E-state index is 13.3. The van der Waals surface area contributed by atoms with Gasteiger partial charge in [0.25, 0.3) is 0 Å². The lowest BCUT2D eigenvalue weighted by Crippen LogP contribution is -2.44. The van der Waals surface area contributed by atoms with Crippen molar-refractivity contribution in [3.05, 3.63) is 29.1 Å². The Balaban J connectivity index is 0.00000180. The zero-order chi connectivity index (χ0) is 13.1. The van der Waals surface area contributed by atoms with E-state index in [9.17, 15) is 9.50 Å². The summed E-state index contributed by atoms with van der Waals surface area (Å²) in [6, 6.07) is 4.47. The standard InChI is InChI=1S/C13H16FN3O.2ClH/c1-9(17-6-4-16-5-7-17)10-2-3-12(14)11(8-15)13(10)18;;/h2-3,9,16,18H,4-7H2,1H3;2*1H/t9-;;/m0../s1. The van der Waals surface area contributed by atoms with Gasteiger partial charge in [0.05, 0.1) is 0 Å². The van der Waals surface area contributed by atoms with Crippen molar-refractivity contribution in [2.75, 3.05) is 26.2 Å². The quantitative estimate of drug-likeness (QED) is 0.876. The minimum atomic E-state index is -0.675. The maximum Gasteiger partial charge on any atom is 0.144 e. The van der Waals surface area contributed by atoms with Gasteiger partial charge >= 0.3 is 0 Å². The van der Waals surface area contributed by atoms with E-state index in [1.54, 1.807) is 12.1 Å². The number of benzene rings is 1. The van der Waals surface area contributed by atoms with E-state index in [4.69, 9.17) is 5.26 Å². The molecule has 1 heterocycles. The fourth-order valence-corrected chi connectivity index (χ4v) is 2.29. The highest BCUT2D eigenvalue weighted by Gasteiger charge is 2.22. The molecule has 0 bridgehead atoms. The molecule has 1 saturated heterocycles. The molecule has 1 aliphatic heterocycles. The molecule has 112 valence electrons. The molecule has 0 aromatic heterocycles. The van der Waals surface area contributed by atoms with Gasteiger partial charge in [0.2, 0.25) is 0 Å². The molecule has 0 spiro atoms. The zero-order valence-electron chi connectivity index (χ0n) is 11.1. The normalized spacial score (nSPS) is 16.4. The van der Waals surface area contributed by atoms with Crippen LogP contribution in [0, 0.1) is 17.1 Å². The van der Waals surface area contributed by atoms with Gasteiger partial charge < -0.3 is 10.4 Å². The number of nitrogens with one attached hydrogen (secondary N) is 1. The first-order valence-electron chi connectivity index (χ1n) is 6.01. The van der Waals surface area contributed by atoms with Crippen molar-refractivity contribution in [1.29, 1.82) is 5.26 Å². The number of piperazine rings is 1. The first-order valence-corrected chi connectivity index (χ1v) is 6.01. The maximum atomic E-state index is 13.3. The molecule has 0 radical (unpaired) electrons. The lowest BCUT2D eigenvalue weighted by molar-refractivity contribution is 0.183. The molecule has 1 aromatic rings. The third-order valence-electron chi connectivity index (χ3n) is 3.42. The van der Waals surface area contributed by atoms with Crippen molar-refractivity contribution < 1.29 is 9.50 Å². The van der Waals surface area contributed by atoms with E-state index >= 15 is 0 Å². The van der Waals surface area contributed by atoms with E-state index in [2.05, 4.69) is 10.2 Å². The van der Waals surface area contributed by atoms with E-state index in [0.29, 0.717) is 5.56 Å². The second kappa shape index (κ2) is 8.28. The Bertz CT molecular complexity index is 487. The van der Waals surface area contributed by atoms with Crippen LogP contribution in [0.1, 0.15) is 24.1 Å². The van der Waals surface area contributed by atoms with Crippen LogP contribution < -0.4 is 5.32 Å². The van der Waals surface area contributed by atoms with E-state index in [-0.39, 0.29) is 42.2 Å². The number of phenolic OH excluding ortho intramolecular Hbond substituents is 1. The molecule has 1 aromatic carbocycles. The van der Waals surface area contributed by atoms with Crippen molar-refractivity contribution in [2.45, 2.75) is 13.0 Å². The van der Waals surface area contributed by atoms with E-state index < -0.39 is 5.82 Å². The number of halogens is 3. The molecule has 1 aliphatic rings. The Morgan fingerprint density at radius 3 is 2.50 bits per heavy atom. The van der Waals surface area contributed by atoms with E-state index in [1.807, 2.05) is 6.92 Å². The molecule has 0 unspecified atom stereocenters. The molecule has 0 amide bonds. The molecule has 2 rings (SSSR count). The van der Waals surface area contributed by atoms with Crippen LogP contribution in [0.3, 0.4) is 0 Å². The largest absolute Gasteiger partial charge is 0.506 e. The third-order valence-corrected chi connectivity index (χ3v) is 3.42. The predicted octanol–water partition coefficient (Wildman–Crippen LogP) is 2.21. The smallest absolute Gasteiger partial charge is 0.144 e. The minimum absolute atomic E-state index is 0. The molecular weight excluding hydrogens is 304 g/mol. The Morgan fingerprint density at radius 1 is 1.35 bits per heavy atom. The van der Waals surface area contributed by atoms with Crippen LogP contribution >= 0.6 is 24.8 Å². The lowest BCUT2D eigenvalue weighted by atomic mass is 10.0. The zero-order valence-corrected chi connectivity index (χ0v) is 12.7. The fraction of sp³-hybridized carbons (Fsp3) is 0.462. The number of aromatic hydroxyl groups is 1. The average Bonchev–Trinajstić information content (AvgIpc) is 2.40. The predicted molar refractivity (Wildman–Crippen MR) is 80.1 cm³/mol. The highest BCUT2D eigenvalue weighted by molar-refractivity contribution is 5.85. The van der Waals surface area contributed by atoms with Crippen LogP contribution in [0.4, 0.5) is 4.39 Å². The van der Waals surface area contributed by atoms with Gasteiger partial charge in [0.15, 0.2) is 0 Å². The second-order valence-corrected chi connectivity index (χ2v) is 4.43. The van der Waals surface area contributed by atoms with E-state index in [1.165, 1.54) is 6.07 Å². The molecule has 0 saturated carbocycles. The van der Waals surface area contributed by atoms with Crippen LogP contribution in [0.25, 0.3) is 0 Å².